The van der Waals surface area contributed by atoms with E-state index in [0.29, 0.717) is 11.0 Å². The van der Waals surface area contributed by atoms with Gasteiger partial charge in [0.2, 0.25) is 11.2 Å². The average Bonchev–Trinajstić information content (AvgIpc) is 2.49. The first kappa shape index (κ1) is 10.9. The van der Waals surface area contributed by atoms with Crippen LogP contribution in [0.1, 0.15) is 6.42 Å². The van der Waals surface area contributed by atoms with Crippen molar-refractivity contribution >= 4 is 23.2 Å². The predicted octanol–water partition coefficient (Wildman–Crippen LogP) is 1.87. The molecule has 0 radical (unpaired) electrons. The molecule has 1 saturated heterocycles. The molecule has 0 N–H and O–H groups in total. The van der Waals surface area contributed by atoms with Crippen LogP contribution in [0, 0.1) is 0 Å². The van der Waals surface area contributed by atoms with Crippen molar-refractivity contribution < 1.29 is 4.74 Å². The molecule has 1 fully saturated rings. The van der Waals surface area contributed by atoms with E-state index in [2.05, 4.69) is 21.9 Å². The largest absolute Gasteiger partial charge is 0.473 e. The van der Waals surface area contributed by atoms with Gasteiger partial charge >= 0.3 is 0 Å². The summed E-state index contributed by atoms with van der Waals surface area (Å²) in [7, 11) is 2.06. The fourth-order valence-corrected chi connectivity index (χ4v) is 1.98. The zero-order valence-corrected chi connectivity index (χ0v) is 9.79. The molecule has 2 rings (SSSR count). The van der Waals surface area contributed by atoms with Crippen LogP contribution in [0.25, 0.3) is 0 Å². The van der Waals surface area contributed by atoms with Gasteiger partial charge in [-0.3, -0.25) is 0 Å². The molecule has 1 aliphatic heterocycles. The predicted molar refractivity (Wildman–Crippen MR) is 58.6 cm³/mol. The van der Waals surface area contributed by atoms with Crippen LogP contribution in [0.4, 0.5) is 0 Å². The number of rotatable bonds is 2. The smallest absolute Gasteiger partial charge is 0.227 e. The highest BCUT2D eigenvalue weighted by atomic mass is 35.5. The Morgan fingerprint density at radius 3 is 2.87 bits per heavy atom. The summed E-state index contributed by atoms with van der Waals surface area (Å²) in [6.07, 6.45) is 1.16. The van der Waals surface area contributed by atoms with Crippen molar-refractivity contribution in [3.8, 4) is 5.88 Å². The summed E-state index contributed by atoms with van der Waals surface area (Å²) in [5, 5.41) is 0.417. The lowest BCUT2D eigenvalue weighted by Crippen LogP contribution is -2.21. The SMILES string of the molecule is CN1CCC(Oc2cc(Cl)nc(Cl)n2)C1. The van der Waals surface area contributed by atoms with Gasteiger partial charge in [-0.25, -0.2) is 4.98 Å². The first-order valence-corrected chi connectivity index (χ1v) is 5.44. The maximum Gasteiger partial charge on any atom is 0.227 e. The van der Waals surface area contributed by atoms with E-state index in [1.807, 2.05) is 0 Å². The standard InChI is InChI=1S/C9H11Cl2N3O/c1-14-3-2-6(5-14)15-8-4-7(10)12-9(11)13-8/h4,6H,2-3,5H2,1H3. The molecule has 0 aromatic carbocycles. The maximum absolute atomic E-state index is 5.74. The second-order valence-corrected chi connectivity index (χ2v) is 4.31. The first-order valence-electron chi connectivity index (χ1n) is 4.69. The fraction of sp³-hybridized carbons (Fsp3) is 0.556. The Morgan fingerprint density at radius 2 is 2.27 bits per heavy atom. The molecule has 15 heavy (non-hydrogen) atoms. The van der Waals surface area contributed by atoms with Gasteiger partial charge in [-0.15, -0.1) is 0 Å². The fourth-order valence-electron chi connectivity index (χ4n) is 1.59. The van der Waals surface area contributed by atoms with E-state index < -0.39 is 0 Å². The summed E-state index contributed by atoms with van der Waals surface area (Å²) in [4.78, 5) is 9.91. The number of halogens is 2. The Bertz CT molecular complexity index is 341. The maximum atomic E-state index is 5.74. The van der Waals surface area contributed by atoms with Gasteiger partial charge in [0.1, 0.15) is 11.3 Å². The van der Waals surface area contributed by atoms with Crippen molar-refractivity contribution in [3.05, 3.63) is 16.5 Å². The van der Waals surface area contributed by atoms with Gasteiger partial charge in [0.05, 0.1) is 0 Å². The molecule has 82 valence electrons. The summed E-state index contributed by atoms with van der Waals surface area (Å²) in [5.41, 5.74) is 0. The molecule has 0 bridgehead atoms. The third kappa shape index (κ3) is 2.93. The van der Waals surface area contributed by atoms with Gasteiger partial charge in [-0.1, -0.05) is 11.6 Å². The topological polar surface area (TPSA) is 38.2 Å². The molecule has 0 amide bonds. The highest BCUT2D eigenvalue weighted by Gasteiger charge is 2.21. The Balaban J connectivity index is 2.04. The highest BCUT2D eigenvalue weighted by Crippen LogP contribution is 2.20. The van der Waals surface area contributed by atoms with Gasteiger partial charge in [0.25, 0.3) is 0 Å². The van der Waals surface area contributed by atoms with Crippen molar-refractivity contribution in [3.63, 3.8) is 0 Å². The van der Waals surface area contributed by atoms with Crippen molar-refractivity contribution in [1.82, 2.24) is 14.9 Å². The molecule has 1 aliphatic rings. The van der Waals surface area contributed by atoms with Crippen LogP contribution in [-0.4, -0.2) is 41.1 Å². The summed E-state index contributed by atoms with van der Waals surface area (Å²) >= 11 is 11.4. The van der Waals surface area contributed by atoms with E-state index in [1.54, 1.807) is 6.07 Å². The molecule has 0 aliphatic carbocycles. The molecule has 1 aromatic rings. The molecule has 0 spiro atoms. The van der Waals surface area contributed by atoms with Crippen LogP contribution in [0.5, 0.6) is 5.88 Å². The lowest BCUT2D eigenvalue weighted by atomic mass is 10.3. The molecular formula is C9H11Cl2N3O. The van der Waals surface area contributed by atoms with Crippen molar-refractivity contribution in [1.29, 1.82) is 0 Å². The minimum atomic E-state index is 0.115. The van der Waals surface area contributed by atoms with E-state index in [1.165, 1.54) is 0 Å². The van der Waals surface area contributed by atoms with Gasteiger partial charge in [-0.2, -0.15) is 4.98 Å². The Hall–Kier alpha value is -0.580. The summed E-state index contributed by atoms with van der Waals surface area (Å²) < 4.78 is 5.65. The Labute approximate surface area is 98.2 Å². The van der Waals surface area contributed by atoms with Gasteiger partial charge in [-0.05, 0) is 25.1 Å². The average molecular weight is 248 g/mol. The first-order chi connectivity index (χ1) is 7.13. The van der Waals surface area contributed by atoms with Crippen LogP contribution in [-0.2, 0) is 0 Å². The molecule has 0 saturated carbocycles. The van der Waals surface area contributed by atoms with Gasteiger partial charge in [0, 0.05) is 19.2 Å². The molecule has 1 atom stereocenters. The Kier molecular flexibility index (Phi) is 3.29. The minimum Gasteiger partial charge on any atom is -0.473 e. The van der Waals surface area contributed by atoms with E-state index in [0.717, 1.165) is 19.5 Å². The second kappa shape index (κ2) is 4.51. The molecule has 1 aromatic heterocycles. The summed E-state index contributed by atoms with van der Waals surface area (Å²) in [5.74, 6) is 0.445. The minimum absolute atomic E-state index is 0.115. The number of likely N-dealkylation sites (tertiary alicyclic amines) is 1. The van der Waals surface area contributed by atoms with Crippen LogP contribution in [0.3, 0.4) is 0 Å². The number of hydrogen-bond acceptors (Lipinski definition) is 4. The van der Waals surface area contributed by atoms with Crippen LogP contribution >= 0.6 is 23.2 Å². The monoisotopic (exact) mass is 247 g/mol. The molecule has 4 nitrogen and oxygen atoms in total. The van der Waals surface area contributed by atoms with E-state index in [4.69, 9.17) is 27.9 Å². The number of aromatic nitrogens is 2. The molecule has 6 heteroatoms. The third-order valence-corrected chi connectivity index (χ3v) is 2.64. The van der Waals surface area contributed by atoms with E-state index in [-0.39, 0.29) is 11.4 Å². The quantitative estimate of drug-likeness (QED) is 0.591. The Morgan fingerprint density at radius 1 is 1.47 bits per heavy atom. The van der Waals surface area contributed by atoms with Gasteiger partial charge < -0.3 is 9.64 Å². The van der Waals surface area contributed by atoms with Crippen molar-refractivity contribution in [2.24, 2.45) is 0 Å². The van der Waals surface area contributed by atoms with Crippen molar-refractivity contribution in [2.45, 2.75) is 12.5 Å². The van der Waals surface area contributed by atoms with Crippen LogP contribution in [0.2, 0.25) is 10.4 Å². The number of ether oxygens (including phenoxy) is 1. The second-order valence-electron chi connectivity index (χ2n) is 3.59. The molecule has 2 heterocycles. The van der Waals surface area contributed by atoms with E-state index >= 15 is 0 Å². The summed E-state index contributed by atoms with van der Waals surface area (Å²) in [6, 6.07) is 1.58. The lowest BCUT2D eigenvalue weighted by molar-refractivity contribution is 0.200. The third-order valence-electron chi connectivity index (χ3n) is 2.28. The zero-order valence-electron chi connectivity index (χ0n) is 8.28. The normalized spacial score (nSPS) is 21.9. The van der Waals surface area contributed by atoms with Crippen LogP contribution in [0.15, 0.2) is 6.07 Å². The van der Waals surface area contributed by atoms with Crippen LogP contribution < -0.4 is 4.74 Å². The summed E-state index contributed by atoms with van der Waals surface area (Å²) in [6.45, 7) is 1.94. The number of hydrogen-bond donors (Lipinski definition) is 0. The number of likely N-dealkylation sites (N-methyl/N-ethyl adjacent to an activating group) is 1. The highest BCUT2D eigenvalue weighted by molar-refractivity contribution is 6.31. The number of nitrogens with zero attached hydrogens (tertiary/aromatic N) is 3. The van der Waals surface area contributed by atoms with Gasteiger partial charge in [0.15, 0.2) is 0 Å². The van der Waals surface area contributed by atoms with Crippen molar-refractivity contribution in [2.75, 3.05) is 20.1 Å². The van der Waals surface area contributed by atoms with E-state index in [9.17, 15) is 0 Å². The lowest BCUT2D eigenvalue weighted by Gasteiger charge is -2.12. The molecular weight excluding hydrogens is 237 g/mol. The zero-order chi connectivity index (χ0) is 10.8. The molecule has 1 unspecified atom stereocenters.